The van der Waals surface area contributed by atoms with Gasteiger partial charge in [-0.25, -0.2) is 4.79 Å². The summed E-state index contributed by atoms with van der Waals surface area (Å²) < 4.78 is 16.1. The van der Waals surface area contributed by atoms with E-state index in [9.17, 15) is 14.4 Å². The fourth-order valence-electron chi connectivity index (χ4n) is 2.64. The lowest BCUT2D eigenvalue weighted by Crippen LogP contribution is -2.46. The second-order valence-electron chi connectivity index (χ2n) is 6.53. The molecule has 2 N–H and O–H groups in total. The standard InChI is InChI=1S/C20H19NO7/c1-11(2)18(20(24)25)21-17(22)10-27-13-5-6-14-15(8-13)28-16(19(14)23)9-12-4-3-7-26-12/h3-9,11,18H,10H2,1-2H3,(H,21,22)(H,24,25). The van der Waals surface area contributed by atoms with Crippen LogP contribution in [0.3, 0.4) is 0 Å². The van der Waals surface area contributed by atoms with Crippen LogP contribution >= 0.6 is 0 Å². The van der Waals surface area contributed by atoms with Crippen molar-refractivity contribution < 1.29 is 33.4 Å². The first-order valence-corrected chi connectivity index (χ1v) is 8.62. The molecule has 1 atom stereocenters. The molecule has 8 heteroatoms. The molecule has 0 bridgehead atoms. The Morgan fingerprint density at radius 3 is 2.71 bits per heavy atom. The number of ether oxygens (including phenoxy) is 2. The van der Waals surface area contributed by atoms with Gasteiger partial charge in [-0.1, -0.05) is 13.8 Å². The minimum Gasteiger partial charge on any atom is -0.484 e. The Morgan fingerprint density at radius 2 is 2.07 bits per heavy atom. The first-order chi connectivity index (χ1) is 13.3. The number of Topliss-reactive ketones (excluding diaryl/α,β-unsaturated/α-hetero) is 1. The van der Waals surface area contributed by atoms with Gasteiger partial charge >= 0.3 is 5.97 Å². The SMILES string of the molecule is CC(C)C(NC(=O)COc1ccc2c(c1)OC(=Cc1ccco1)C2=O)C(=O)O. The maximum absolute atomic E-state index is 12.4. The summed E-state index contributed by atoms with van der Waals surface area (Å²) in [5.41, 5.74) is 0.375. The molecule has 1 unspecified atom stereocenters. The number of hydrogen-bond donors (Lipinski definition) is 2. The lowest BCUT2D eigenvalue weighted by atomic mass is 10.1. The first kappa shape index (κ1) is 19.2. The van der Waals surface area contributed by atoms with Crippen LogP contribution in [0.2, 0.25) is 0 Å². The fourth-order valence-corrected chi connectivity index (χ4v) is 2.64. The number of benzene rings is 1. The van der Waals surface area contributed by atoms with E-state index in [4.69, 9.17) is 19.0 Å². The van der Waals surface area contributed by atoms with Crippen LogP contribution in [0, 0.1) is 5.92 Å². The molecule has 1 amide bonds. The Balaban J connectivity index is 1.64. The topological polar surface area (TPSA) is 115 Å². The molecule has 1 aromatic heterocycles. The zero-order valence-corrected chi connectivity index (χ0v) is 15.3. The van der Waals surface area contributed by atoms with Gasteiger partial charge in [-0.2, -0.15) is 0 Å². The van der Waals surface area contributed by atoms with Crippen molar-refractivity contribution in [2.75, 3.05) is 6.61 Å². The average Bonchev–Trinajstić information content (AvgIpc) is 3.26. The summed E-state index contributed by atoms with van der Waals surface area (Å²) in [5, 5.41) is 11.5. The molecular formula is C20H19NO7. The lowest BCUT2D eigenvalue weighted by molar-refractivity contribution is -0.143. The van der Waals surface area contributed by atoms with E-state index in [1.807, 2.05) is 0 Å². The first-order valence-electron chi connectivity index (χ1n) is 8.62. The van der Waals surface area contributed by atoms with Gasteiger partial charge < -0.3 is 24.3 Å². The minimum atomic E-state index is -1.11. The van der Waals surface area contributed by atoms with Crippen molar-refractivity contribution in [3.8, 4) is 11.5 Å². The molecule has 28 heavy (non-hydrogen) atoms. The highest BCUT2D eigenvalue weighted by Gasteiger charge is 2.28. The highest BCUT2D eigenvalue weighted by Crippen LogP contribution is 2.34. The van der Waals surface area contributed by atoms with Gasteiger partial charge in [-0.05, 0) is 30.2 Å². The number of allylic oxidation sites excluding steroid dienone is 1. The Hall–Kier alpha value is -3.55. The van der Waals surface area contributed by atoms with E-state index in [0.717, 1.165) is 0 Å². The number of rotatable bonds is 7. The molecule has 0 saturated carbocycles. The third-order valence-corrected chi connectivity index (χ3v) is 4.08. The molecule has 0 spiro atoms. The van der Waals surface area contributed by atoms with Crippen LogP contribution in [0.15, 0.2) is 46.8 Å². The third-order valence-electron chi connectivity index (χ3n) is 4.08. The van der Waals surface area contributed by atoms with Crippen LogP contribution in [0.5, 0.6) is 11.5 Å². The zero-order chi connectivity index (χ0) is 20.3. The van der Waals surface area contributed by atoms with Crippen molar-refractivity contribution >= 4 is 23.7 Å². The minimum absolute atomic E-state index is 0.126. The largest absolute Gasteiger partial charge is 0.484 e. The van der Waals surface area contributed by atoms with E-state index in [0.29, 0.717) is 22.8 Å². The maximum Gasteiger partial charge on any atom is 0.326 e. The van der Waals surface area contributed by atoms with Crippen LogP contribution < -0.4 is 14.8 Å². The van der Waals surface area contributed by atoms with Gasteiger partial charge in [-0.3, -0.25) is 9.59 Å². The van der Waals surface area contributed by atoms with E-state index in [1.165, 1.54) is 18.4 Å². The van der Waals surface area contributed by atoms with Crippen LogP contribution in [0.25, 0.3) is 6.08 Å². The van der Waals surface area contributed by atoms with E-state index in [-0.39, 0.29) is 24.1 Å². The summed E-state index contributed by atoms with van der Waals surface area (Å²) >= 11 is 0. The van der Waals surface area contributed by atoms with E-state index >= 15 is 0 Å². The molecule has 3 rings (SSSR count). The molecule has 1 aliphatic rings. The summed E-state index contributed by atoms with van der Waals surface area (Å²) in [6.07, 6.45) is 2.98. The van der Waals surface area contributed by atoms with Gasteiger partial charge in [0.25, 0.3) is 5.91 Å². The molecule has 2 aromatic rings. The molecule has 0 radical (unpaired) electrons. The molecule has 1 aromatic carbocycles. The van der Waals surface area contributed by atoms with Gasteiger partial charge in [0.15, 0.2) is 12.4 Å². The van der Waals surface area contributed by atoms with Gasteiger partial charge in [-0.15, -0.1) is 0 Å². The van der Waals surface area contributed by atoms with E-state index < -0.39 is 17.9 Å². The summed E-state index contributed by atoms with van der Waals surface area (Å²) in [4.78, 5) is 35.4. The van der Waals surface area contributed by atoms with Gasteiger partial charge in [0.05, 0.1) is 11.8 Å². The number of amides is 1. The number of aliphatic carboxylic acids is 1. The van der Waals surface area contributed by atoms with Gasteiger partial charge in [0.1, 0.15) is 23.3 Å². The molecule has 8 nitrogen and oxygen atoms in total. The molecule has 2 heterocycles. The van der Waals surface area contributed by atoms with Crippen molar-refractivity contribution in [1.82, 2.24) is 5.32 Å². The molecule has 0 saturated heterocycles. The summed E-state index contributed by atoms with van der Waals surface area (Å²) in [6, 6.07) is 6.99. The predicted molar refractivity (Wildman–Crippen MR) is 98.0 cm³/mol. The molecule has 0 aliphatic carbocycles. The number of carboxylic acid groups (broad SMARTS) is 1. The second-order valence-corrected chi connectivity index (χ2v) is 6.53. The average molecular weight is 385 g/mol. The van der Waals surface area contributed by atoms with Crippen molar-refractivity contribution in [1.29, 1.82) is 0 Å². The number of carboxylic acids is 1. The van der Waals surface area contributed by atoms with Crippen LogP contribution in [0.4, 0.5) is 0 Å². The molecular weight excluding hydrogens is 366 g/mol. The Kier molecular flexibility index (Phi) is 5.49. The summed E-state index contributed by atoms with van der Waals surface area (Å²) in [7, 11) is 0. The Bertz CT molecular complexity index is 928. The van der Waals surface area contributed by atoms with Crippen molar-refractivity contribution in [2.45, 2.75) is 19.9 Å². The van der Waals surface area contributed by atoms with Crippen LogP contribution in [-0.2, 0) is 9.59 Å². The highest BCUT2D eigenvalue weighted by atomic mass is 16.5. The number of hydrogen-bond acceptors (Lipinski definition) is 6. The number of fused-ring (bicyclic) bond motifs is 1. The van der Waals surface area contributed by atoms with Crippen molar-refractivity contribution in [3.63, 3.8) is 0 Å². The highest BCUT2D eigenvalue weighted by molar-refractivity contribution is 6.14. The Morgan fingerprint density at radius 1 is 1.29 bits per heavy atom. The number of carbonyl (C=O) groups excluding carboxylic acids is 2. The lowest BCUT2D eigenvalue weighted by Gasteiger charge is -2.18. The van der Waals surface area contributed by atoms with Crippen molar-refractivity contribution in [2.24, 2.45) is 5.92 Å². The van der Waals surface area contributed by atoms with E-state index in [1.54, 1.807) is 38.1 Å². The summed E-state index contributed by atoms with van der Waals surface area (Å²) in [5.74, 6) is -0.968. The second kappa shape index (κ2) is 7.99. The number of carbonyl (C=O) groups is 3. The van der Waals surface area contributed by atoms with Crippen LogP contribution in [-0.4, -0.2) is 35.4 Å². The normalized spacial score (nSPS) is 15.2. The summed E-state index contributed by atoms with van der Waals surface area (Å²) in [6.45, 7) is 3.03. The fraction of sp³-hybridized carbons (Fsp3) is 0.250. The predicted octanol–water partition coefficient (Wildman–Crippen LogP) is 2.50. The Labute approximate surface area is 160 Å². The number of ketones is 1. The smallest absolute Gasteiger partial charge is 0.326 e. The van der Waals surface area contributed by atoms with Gasteiger partial charge in [0, 0.05) is 12.1 Å². The molecule has 146 valence electrons. The zero-order valence-electron chi connectivity index (χ0n) is 15.3. The molecule has 0 fully saturated rings. The van der Waals surface area contributed by atoms with E-state index in [2.05, 4.69) is 5.32 Å². The third kappa shape index (κ3) is 4.22. The molecule has 1 aliphatic heterocycles. The number of furan rings is 1. The quantitative estimate of drug-likeness (QED) is 0.704. The van der Waals surface area contributed by atoms with Crippen molar-refractivity contribution in [3.05, 3.63) is 53.7 Å². The monoisotopic (exact) mass is 385 g/mol. The number of nitrogens with one attached hydrogen (secondary N) is 1. The maximum atomic E-state index is 12.4. The van der Waals surface area contributed by atoms with Gasteiger partial charge in [0.2, 0.25) is 5.78 Å². The van der Waals surface area contributed by atoms with Crippen LogP contribution in [0.1, 0.15) is 30.0 Å².